The van der Waals surface area contributed by atoms with Crippen molar-refractivity contribution < 1.29 is 14.3 Å². The summed E-state index contributed by atoms with van der Waals surface area (Å²) in [5.41, 5.74) is 1.69. The number of carbonyl (C=O) groups is 2. The molecule has 0 aromatic carbocycles. The van der Waals surface area contributed by atoms with E-state index in [0.717, 1.165) is 12.0 Å². The van der Waals surface area contributed by atoms with Gasteiger partial charge in [0, 0.05) is 12.5 Å². The van der Waals surface area contributed by atoms with Gasteiger partial charge in [0.1, 0.15) is 6.04 Å². The quantitative estimate of drug-likeness (QED) is 0.595. The van der Waals surface area contributed by atoms with Gasteiger partial charge in [0.2, 0.25) is 0 Å². The topological polar surface area (TPSA) is 55.4 Å². The number of Topliss-reactive ketones (excluding diaryl/α,β-unsaturated/α-hetero) is 1. The van der Waals surface area contributed by atoms with E-state index in [9.17, 15) is 9.59 Å². The third-order valence-electron chi connectivity index (χ3n) is 2.98. The molecule has 0 spiro atoms. The Morgan fingerprint density at radius 2 is 2.44 bits per heavy atom. The molecule has 1 atom stereocenters. The van der Waals surface area contributed by atoms with Crippen molar-refractivity contribution in [1.29, 1.82) is 0 Å². The van der Waals surface area contributed by atoms with Crippen molar-refractivity contribution in [2.45, 2.75) is 32.2 Å². The Hall–Kier alpha value is -2.02. The molecule has 94 valence electrons. The number of allylic oxidation sites excluding steroid dienone is 2. The molecular weight excluding hydrogens is 230 g/mol. The fourth-order valence-electron chi connectivity index (χ4n) is 2.05. The van der Waals surface area contributed by atoms with Crippen LogP contribution in [0.15, 0.2) is 23.3 Å². The molecule has 4 heteroatoms. The molecular formula is C14H15NO3. The predicted molar refractivity (Wildman–Crippen MR) is 66.4 cm³/mol. The highest BCUT2D eigenvalue weighted by atomic mass is 16.5. The Bertz CT molecular complexity index is 491. The molecule has 1 aliphatic carbocycles. The van der Waals surface area contributed by atoms with Gasteiger partial charge in [-0.1, -0.05) is 12.0 Å². The van der Waals surface area contributed by atoms with E-state index in [1.54, 1.807) is 13.0 Å². The highest BCUT2D eigenvalue weighted by Crippen LogP contribution is 2.24. The fraction of sp³-hybridized carbons (Fsp3) is 0.429. The summed E-state index contributed by atoms with van der Waals surface area (Å²) in [4.78, 5) is 23.4. The van der Waals surface area contributed by atoms with Gasteiger partial charge in [-0.25, -0.2) is 0 Å². The van der Waals surface area contributed by atoms with Gasteiger partial charge in [0.05, 0.1) is 6.61 Å². The van der Waals surface area contributed by atoms with Crippen LogP contribution in [0.3, 0.4) is 0 Å². The second-order valence-corrected chi connectivity index (χ2v) is 4.17. The summed E-state index contributed by atoms with van der Waals surface area (Å²) in [6.07, 6.45) is 5.09. The first-order valence-corrected chi connectivity index (χ1v) is 6.06. The van der Waals surface area contributed by atoms with Crippen LogP contribution in [0.4, 0.5) is 0 Å². The molecule has 1 aliphatic heterocycles. The highest BCUT2D eigenvalue weighted by molar-refractivity contribution is 6.03. The minimum atomic E-state index is -0.326. The van der Waals surface area contributed by atoms with Crippen molar-refractivity contribution in [3.63, 3.8) is 0 Å². The monoisotopic (exact) mass is 245 g/mol. The van der Waals surface area contributed by atoms with Crippen LogP contribution in [-0.4, -0.2) is 24.4 Å². The number of rotatable bonds is 4. The van der Waals surface area contributed by atoms with Crippen LogP contribution in [0.5, 0.6) is 0 Å². The van der Waals surface area contributed by atoms with E-state index in [1.165, 1.54) is 0 Å². The summed E-state index contributed by atoms with van der Waals surface area (Å²) in [7, 11) is 0. The summed E-state index contributed by atoms with van der Waals surface area (Å²) in [5, 5.41) is 2.88. The van der Waals surface area contributed by atoms with Crippen LogP contribution in [0.25, 0.3) is 0 Å². The third kappa shape index (κ3) is 2.62. The molecule has 18 heavy (non-hydrogen) atoms. The smallest absolute Gasteiger partial charge is 0.306 e. The van der Waals surface area contributed by atoms with Gasteiger partial charge in [-0.2, -0.15) is 0 Å². The summed E-state index contributed by atoms with van der Waals surface area (Å²) < 4.78 is 4.85. The standard InChI is InChI=1S/C14H15NO3/c1-2-18-12(16)8-7-11-6-5-10-4-3-9-15-13(10)14(11)17/h4,6,13,15H,2,5,7-8H2,1H3. The first-order chi connectivity index (χ1) is 8.72. The van der Waals surface area contributed by atoms with Crippen molar-refractivity contribution >= 4 is 11.8 Å². The normalized spacial score (nSPS) is 20.7. The number of ether oxygens (including phenoxy) is 1. The van der Waals surface area contributed by atoms with Crippen molar-refractivity contribution in [3.05, 3.63) is 23.3 Å². The van der Waals surface area contributed by atoms with Crippen LogP contribution in [0.1, 0.15) is 26.2 Å². The van der Waals surface area contributed by atoms with Gasteiger partial charge in [-0.15, -0.1) is 0 Å². The van der Waals surface area contributed by atoms with Crippen LogP contribution < -0.4 is 5.32 Å². The van der Waals surface area contributed by atoms with E-state index in [-0.39, 0.29) is 24.2 Å². The number of carbonyl (C=O) groups excluding carboxylic acids is 2. The molecule has 0 radical (unpaired) electrons. The van der Waals surface area contributed by atoms with E-state index in [0.29, 0.717) is 18.6 Å². The SMILES string of the molecule is CCOC(=O)CCC1=CCC2=CC#CNC2C1=O. The lowest BCUT2D eigenvalue weighted by Gasteiger charge is -2.24. The van der Waals surface area contributed by atoms with Crippen molar-refractivity contribution in [2.75, 3.05) is 6.61 Å². The number of hydrogen-bond acceptors (Lipinski definition) is 4. The minimum absolute atomic E-state index is 0.0193. The van der Waals surface area contributed by atoms with Crippen LogP contribution in [0.2, 0.25) is 0 Å². The highest BCUT2D eigenvalue weighted by Gasteiger charge is 2.29. The molecule has 0 aromatic heterocycles. The Morgan fingerprint density at radius 3 is 3.22 bits per heavy atom. The Labute approximate surface area is 106 Å². The van der Waals surface area contributed by atoms with Crippen LogP contribution >= 0.6 is 0 Å². The molecule has 1 heterocycles. The molecule has 2 rings (SSSR count). The molecule has 4 nitrogen and oxygen atoms in total. The van der Waals surface area contributed by atoms with Crippen LogP contribution in [-0.2, 0) is 14.3 Å². The molecule has 0 saturated carbocycles. The largest absolute Gasteiger partial charge is 0.466 e. The summed E-state index contributed by atoms with van der Waals surface area (Å²) >= 11 is 0. The molecule has 0 bridgehead atoms. The fourth-order valence-corrected chi connectivity index (χ4v) is 2.05. The summed E-state index contributed by atoms with van der Waals surface area (Å²) in [5.74, 6) is 2.57. The van der Waals surface area contributed by atoms with E-state index in [2.05, 4.69) is 17.3 Å². The lowest BCUT2D eigenvalue weighted by molar-refractivity contribution is -0.143. The third-order valence-corrected chi connectivity index (χ3v) is 2.98. The molecule has 2 aliphatic rings. The van der Waals surface area contributed by atoms with Gasteiger partial charge < -0.3 is 10.1 Å². The number of esters is 1. The predicted octanol–water partition coefficient (Wildman–Crippen LogP) is 1.09. The number of hydrogen-bond donors (Lipinski definition) is 1. The molecule has 1 unspecified atom stereocenters. The maximum absolute atomic E-state index is 12.1. The zero-order valence-corrected chi connectivity index (χ0v) is 10.3. The van der Waals surface area contributed by atoms with Gasteiger partial charge in [0.25, 0.3) is 0 Å². The Balaban J connectivity index is 1.97. The summed E-state index contributed by atoms with van der Waals surface area (Å²) in [6, 6.07) is 2.38. The van der Waals surface area contributed by atoms with Crippen molar-refractivity contribution in [2.24, 2.45) is 0 Å². The second kappa shape index (κ2) is 5.54. The molecule has 0 amide bonds. The van der Waals surface area contributed by atoms with E-state index >= 15 is 0 Å². The zero-order chi connectivity index (χ0) is 13.0. The average Bonchev–Trinajstić information content (AvgIpc) is 2.39. The molecule has 0 fully saturated rings. The van der Waals surface area contributed by atoms with E-state index in [1.807, 2.05) is 6.08 Å². The average molecular weight is 245 g/mol. The van der Waals surface area contributed by atoms with Crippen molar-refractivity contribution in [1.82, 2.24) is 5.32 Å². The lowest BCUT2D eigenvalue weighted by atomic mass is 9.86. The van der Waals surface area contributed by atoms with Gasteiger partial charge in [-0.3, -0.25) is 9.59 Å². The Morgan fingerprint density at radius 1 is 1.61 bits per heavy atom. The van der Waals surface area contributed by atoms with Gasteiger partial charge in [0.15, 0.2) is 5.78 Å². The number of fused-ring (bicyclic) bond motifs is 1. The minimum Gasteiger partial charge on any atom is -0.466 e. The van der Waals surface area contributed by atoms with Gasteiger partial charge >= 0.3 is 5.97 Å². The van der Waals surface area contributed by atoms with Crippen LogP contribution in [0, 0.1) is 12.0 Å². The Kier molecular flexibility index (Phi) is 3.83. The first kappa shape index (κ1) is 12.4. The zero-order valence-electron chi connectivity index (χ0n) is 10.3. The van der Waals surface area contributed by atoms with Gasteiger partial charge in [-0.05, 0) is 37.0 Å². The molecule has 0 aromatic rings. The number of ketones is 1. The molecule has 0 saturated heterocycles. The van der Waals surface area contributed by atoms with Crippen molar-refractivity contribution in [3.8, 4) is 12.0 Å². The van der Waals surface area contributed by atoms with E-state index < -0.39 is 0 Å². The summed E-state index contributed by atoms with van der Waals surface area (Å²) in [6.45, 7) is 2.14. The number of nitrogens with one attached hydrogen (secondary N) is 1. The lowest BCUT2D eigenvalue weighted by Crippen LogP contribution is -2.39. The second-order valence-electron chi connectivity index (χ2n) is 4.17. The van der Waals surface area contributed by atoms with E-state index in [4.69, 9.17) is 4.74 Å². The maximum atomic E-state index is 12.1. The maximum Gasteiger partial charge on any atom is 0.306 e. The first-order valence-electron chi connectivity index (χ1n) is 6.06. The molecule has 1 N–H and O–H groups in total.